The zero-order valence-electron chi connectivity index (χ0n) is 29.3. The topological polar surface area (TPSA) is 17.8 Å². The largest absolute Gasteiger partial charge is 0.308 e. The normalized spacial score (nSPS) is 13.6. The highest BCUT2D eigenvalue weighted by molar-refractivity contribution is 7.26. The molecule has 8 aromatic carbocycles. The number of para-hydroxylation sites is 1. The van der Waals surface area contributed by atoms with E-state index in [-0.39, 0.29) is 5.41 Å². The van der Waals surface area contributed by atoms with Crippen molar-refractivity contribution in [2.24, 2.45) is 0 Å². The summed E-state index contributed by atoms with van der Waals surface area (Å²) >= 11 is 1.91. The molecule has 11 aromatic rings. The Bertz CT molecular complexity index is 3380. The second-order valence-electron chi connectivity index (χ2n) is 15.1. The Labute approximate surface area is 310 Å². The Kier molecular flexibility index (Phi) is 5.75. The van der Waals surface area contributed by atoms with Crippen molar-refractivity contribution in [1.82, 2.24) is 9.55 Å². The molecule has 0 unspecified atom stereocenters. The van der Waals surface area contributed by atoms with Gasteiger partial charge in [0.15, 0.2) is 0 Å². The SMILES string of the molecule is CC1(C)c2ccccc2-c2cc3c(cc21)c1sc2ccccc2c1n3-c1cccc(-c2nc3ccccc3c3c4ccccc4c4ccccc4c23)c1. The highest BCUT2D eigenvalue weighted by atomic mass is 32.1. The Morgan fingerprint density at radius 2 is 1.17 bits per heavy atom. The van der Waals surface area contributed by atoms with Crippen LogP contribution in [0.1, 0.15) is 25.0 Å². The summed E-state index contributed by atoms with van der Waals surface area (Å²) in [5.41, 5.74) is 12.2. The summed E-state index contributed by atoms with van der Waals surface area (Å²) in [5, 5.41) is 11.3. The molecule has 0 radical (unpaired) electrons. The molecule has 3 aromatic heterocycles. The summed E-state index contributed by atoms with van der Waals surface area (Å²) in [5.74, 6) is 0. The fraction of sp³-hybridized carbons (Fsp3) is 0.0600. The summed E-state index contributed by atoms with van der Waals surface area (Å²) in [6.07, 6.45) is 0. The monoisotopic (exact) mass is 692 g/mol. The van der Waals surface area contributed by atoms with Crippen molar-refractivity contribution in [2.45, 2.75) is 19.3 Å². The van der Waals surface area contributed by atoms with E-state index in [0.29, 0.717) is 0 Å². The lowest BCUT2D eigenvalue weighted by molar-refractivity contribution is 0.661. The lowest BCUT2D eigenvalue weighted by Crippen LogP contribution is -2.14. The number of aromatic nitrogens is 2. The average Bonchev–Trinajstić information content (AvgIpc) is 3.81. The van der Waals surface area contributed by atoms with Crippen LogP contribution in [0.15, 0.2) is 158 Å². The van der Waals surface area contributed by atoms with Crippen LogP contribution in [0, 0.1) is 0 Å². The van der Waals surface area contributed by atoms with Crippen molar-refractivity contribution in [3.8, 4) is 28.1 Å². The van der Waals surface area contributed by atoms with Crippen LogP contribution in [0.3, 0.4) is 0 Å². The second kappa shape index (κ2) is 10.4. The van der Waals surface area contributed by atoms with Gasteiger partial charge in [-0.05, 0) is 80.2 Å². The molecule has 3 heteroatoms. The number of hydrogen-bond acceptors (Lipinski definition) is 2. The number of fused-ring (bicyclic) bond motifs is 16. The standard InChI is InChI=1S/C50H32N2S/c1-50(2)40-23-10-7-18-33(40)38-28-43-39(27-41(38)50)49-48(37-22-9-12-25-44(37)53-49)52(43)30-15-13-14-29(26-30)47-46-35-20-6-4-17-32(35)31-16-3-5-19-34(31)45(46)36-21-8-11-24-42(36)51-47/h3-28H,1-2H3. The maximum Gasteiger partial charge on any atom is 0.0795 e. The third-order valence-corrected chi connectivity index (χ3v) is 13.1. The molecule has 0 N–H and O–H groups in total. The van der Waals surface area contributed by atoms with E-state index in [4.69, 9.17) is 4.98 Å². The van der Waals surface area contributed by atoms with Gasteiger partial charge in [-0.2, -0.15) is 0 Å². The van der Waals surface area contributed by atoms with Crippen LogP contribution in [-0.4, -0.2) is 9.55 Å². The van der Waals surface area contributed by atoms with Gasteiger partial charge in [-0.25, -0.2) is 4.98 Å². The third kappa shape index (κ3) is 3.84. The molecule has 0 saturated carbocycles. The maximum atomic E-state index is 5.50. The van der Waals surface area contributed by atoms with Crippen molar-refractivity contribution in [3.63, 3.8) is 0 Å². The van der Waals surface area contributed by atoms with Crippen LogP contribution in [0.5, 0.6) is 0 Å². The van der Waals surface area contributed by atoms with Gasteiger partial charge < -0.3 is 4.57 Å². The fourth-order valence-electron chi connectivity index (χ4n) is 9.56. The molecule has 3 heterocycles. The lowest BCUT2D eigenvalue weighted by atomic mass is 9.82. The van der Waals surface area contributed by atoms with E-state index in [1.165, 1.54) is 91.2 Å². The Balaban J connectivity index is 1.20. The van der Waals surface area contributed by atoms with Crippen molar-refractivity contribution in [3.05, 3.63) is 169 Å². The molecule has 0 amide bonds. The number of hydrogen-bond donors (Lipinski definition) is 0. The first-order chi connectivity index (χ1) is 26.1. The van der Waals surface area contributed by atoms with Crippen LogP contribution in [0.2, 0.25) is 0 Å². The zero-order chi connectivity index (χ0) is 35.0. The predicted molar refractivity (Wildman–Crippen MR) is 227 cm³/mol. The van der Waals surface area contributed by atoms with Crippen LogP contribution >= 0.6 is 11.3 Å². The predicted octanol–water partition coefficient (Wildman–Crippen LogP) is 14.0. The maximum absolute atomic E-state index is 5.50. The number of nitrogens with zero attached hydrogens (tertiary/aromatic N) is 2. The highest BCUT2D eigenvalue weighted by Crippen LogP contribution is 2.52. The first kappa shape index (κ1) is 29.3. The van der Waals surface area contributed by atoms with E-state index in [0.717, 1.165) is 22.5 Å². The Hall–Kier alpha value is -6.29. The number of thiophene rings is 1. The van der Waals surface area contributed by atoms with Crippen molar-refractivity contribution in [1.29, 1.82) is 0 Å². The molecule has 53 heavy (non-hydrogen) atoms. The summed E-state index contributed by atoms with van der Waals surface area (Å²) in [6, 6.07) is 58.2. The van der Waals surface area contributed by atoms with Gasteiger partial charge in [-0.1, -0.05) is 135 Å². The zero-order valence-corrected chi connectivity index (χ0v) is 30.1. The summed E-state index contributed by atoms with van der Waals surface area (Å²) < 4.78 is 5.18. The van der Waals surface area contributed by atoms with Crippen LogP contribution in [0.4, 0.5) is 0 Å². The molecule has 1 aliphatic rings. The van der Waals surface area contributed by atoms with E-state index in [9.17, 15) is 0 Å². The number of rotatable bonds is 2. The van der Waals surface area contributed by atoms with Crippen molar-refractivity contribution < 1.29 is 0 Å². The summed E-state index contributed by atoms with van der Waals surface area (Å²) in [6.45, 7) is 4.75. The van der Waals surface area contributed by atoms with Gasteiger partial charge in [0.25, 0.3) is 0 Å². The molecule has 0 spiro atoms. The quantitative estimate of drug-likeness (QED) is 0.165. The van der Waals surface area contributed by atoms with Gasteiger partial charge in [0.05, 0.1) is 26.9 Å². The molecular formula is C50H32N2S. The van der Waals surface area contributed by atoms with Crippen LogP contribution < -0.4 is 0 Å². The molecule has 2 nitrogen and oxygen atoms in total. The second-order valence-corrected chi connectivity index (χ2v) is 16.1. The molecule has 0 atom stereocenters. The minimum atomic E-state index is -0.0686. The van der Waals surface area contributed by atoms with E-state index < -0.39 is 0 Å². The van der Waals surface area contributed by atoms with Crippen LogP contribution in [-0.2, 0) is 5.41 Å². The van der Waals surface area contributed by atoms with E-state index in [2.05, 4.69) is 176 Å². The van der Waals surface area contributed by atoms with E-state index in [1.54, 1.807) is 0 Å². The highest BCUT2D eigenvalue weighted by Gasteiger charge is 2.36. The molecule has 0 bridgehead atoms. The van der Waals surface area contributed by atoms with Gasteiger partial charge in [0.1, 0.15) is 0 Å². The first-order valence-corrected chi connectivity index (χ1v) is 19.2. The van der Waals surface area contributed by atoms with Gasteiger partial charge >= 0.3 is 0 Å². The summed E-state index contributed by atoms with van der Waals surface area (Å²) in [4.78, 5) is 5.50. The van der Waals surface area contributed by atoms with Crippen molar-refractivity contribution >= 4 is 85.8 Å². The molecule has 12 rings (SSSR count). The lowest BCUT2D eigenvalue weighted by Gasteiger charge is -2.21. The van der Waals surface area contributed by atoms with E-state index in [1.807, 2.05) is 11.3 Å². The smallest absolute Gasteiger partial charge is 0.0795 e. The molecule has 1 aliphatic carbocycles. The summed E-state index contributed by atoms with van der Waals surface area (Å²) in [7, 11) is 0. The molecule has 0 saturated heterocycles. The van der Waals surface area contributed by atoms with Gasteiger partial charge in [0, 0.05) is 48.3 Å². The van der Waals surface area contributed by atoms with Gasteiger partial charge in [-0.3, -0.25) is 0 Å². The average molecular weight is 693 g/mol. The molecule has 0 fully saturated rings. The number of benzene rings is 8. The van der Waals surface area contributed by atoms with Crippen molar-refractivity contribution in [2.75, 3.05) is 0 Å². The fourth-order valence-corrected chi connectivity index (χ4v) is 10.8. The third-order valence-electron chi connectivity index (χ3n) is 11.9. The Morgan fingerprint density at radius 1 is 0.509 bits per heavy atom. The Morgan fingerprint density at radius 3 is 1.98 bits per heavy atom. The van der Waals surface area contributed by atoms with Crippen LogP contribution in [0.25, 0.3) is 102 Å². The van der Waals surface area contributed by atoms with Gasteiger partial charge in [-0.15, -0.1) is 11.3 Å². The molecule has 248 valence electrons. The van der Waals surface area contributed by atoms with Gasteiger partial charge in [0.2, 0.25) is 0 Å². The minimum Gasteiger partial charge on any atom is -0.308 e. The minimum absolute atomic E-state index is 0.0686. The number of pyridine rings is 1. The molecular weight excluding hydrogens is 661 g/mol. The molecule has 0 aliphatic heterocycles. The van der Waals surface area contributed by atoms with E-state index >= 15 is 0 Å². The first-order valence-electron chi connectivity index (χ1n) is 18.4.